The maximum atomic E-state index is 6.18. The van der Waals surface area contributed by atoms with Crippen LogP contribution >= 0.6 is 11.8 Å². The third kappa shape index (κ3) is 3.04. The first-order valence-corrected chi connectivity index (χ1v) is 9.24. The van der Waals surface area contributed by atoms with Crippen molar-refractivity contribution in [2.45, 2.75) is 24.5 Å². The average molecular weight is 332 g/mol. The Morgan fingerprint density at radius 1 is 0.958 bits per heavy atom. The zero-order chi connectivity index (χ0) is 16.4. The first kappa shape index (κ1) is 15.3. The highest BCUT2D eigenvalue weighted by molar-refractivity contribution is 8.14. The molecule has 1 aliphatic carbocycles. The number of nitrogens with two attached hydrogens (primary N) is 1. The van der Waals surface area contributed by atoms with E-state index >= 15 is 0 Å². The lowest BCUT2D eigenvalue weighted by Crippen LogP contribution is -2.19. The number of hydrogen-bond donors (Lipinski definition) is 1. The highest BCUT2D eigenvalue weighted by Crippen LogP contribution is 2.47. The maximum absolute atomic E-state index is 6.18. The molecule has 2 aromatic carbocycles. The van der Waals surface area contributed by atoms with Gasteiger partial charge in [0.25, 0.3) is 0 Å². The van der Waals surface area contributed by atoms with Crippen LogP contribution in [0.4, 0.5) is 0 Å². The fraction of sp³-hybridized carbons (Fsp3) is 0.190. The van der Waals surface area contributed by atoms with E-state index in [4.69, 9.17) is 10.7 Å². The highest BCUT2D eigenvalue weighted by atomic mass is 32.2. The molecule has 0 fully saturated rings. The standard InChI is InChI=1S/C21H20N2S/c22-21-23-19-17(14-15-8-3-1-4-9-15)12-7-13-18(19)20(24-21)16-10-5-2-6-11-16/h1-6,8-11,14,20H,7,12-13H2,(H2,22,23). The number of thioether (sulfide) groups is 1. The van der Waals surface area contributed by atoms with Crippen LogP contribution in [0.5, 0.6) is 0 Å². The fourth-order valence-electron chi connectivity index (χ4n) is 3.43. The van der Waals surface area contributed by atoms with Gasteiger partial charge in [-0.25, -0.2) is 4.99 Å². The molecule has 2 aliphatic rings. The second kappa shape index (κ2) is 6.70. The van der Waals surface area contributed by atoms with E-state index in [0.29, 0.717) is 5.17 Å². The molecule has 1 unspecified atom stereocenters. The number of nitrogens with zero attached hydrogens (tertiary/aromatic N) is 1. The van der Waals surface area contributed by atoms with Crippen LogP contribution in [0.2, 0.25) is 0 Å². The Labute approximate surface area is 147 Å². The lowest BCUT2D eigenvalue weighted by molar-refractivity contribution is 0.736. The molecule has 2 N–H and O–H groups in total. The third-order valence-electron chi connectivity index (χ3n) is 4.52. The van der Waals surface area contributed by atoms with Crippen molar-refractivity contribution in [3.05, 3.63) is 88.6 Å². The van der Waals surface area contributed by atoms with Crippen LogP contribution in [0.25, 0.3) is 6.08 Å². The van der Waals surface area contributed by atoms with Crippen LogP contribution in [-0.2, 0) is 0 Å². The average Bonchev–Trinajstić information content (AvgIpc) is 2.63. The topological polar surface area (TPSA) is 38.4 Å². The Morgan fingerprint density at radius 3 is 2.42 bits per heavy atom. The van der Waals surface area contributed by atoms with Crippen molar-refractivity contribution in [2.24, 2.45) is 10.7 Å². The molecular formula is C21H20N2S. The van der Waals surface area contributed by atoms with Gasteiger partial charge in [-0.1, -0.05) is 72.4 Å². The number of aliphatic imine (C=N–C) groups is 1. The van der Waals surface area contributed by atoms with Gasteiger partial charge in [0.1, 0.15) is 0 Å². The van der Waals surface area contributed by atoms with Crippen LogP contribution in [0.1, 0.15) is 35.6 Å². The fourth-order valence-corrected chi connectivity index (χ4v) is 4.48. The molecule has 0 aromatic heterocycles. The zero-order valence-corrected chi connectivity index (χ0v) is 14.3. The van der Waals surface area contributed by atoms with Gasteiger partial charge in [-0.15, -0.1) is 0 Å². The van der Waals surface area contributed by atoms with Gasteiger partial charge in [0, 0.05) is 0 Å². The molecule has 0 amide bonds. The number of hydrogen-bond acceptors (Lipinski definition) is 3. The largest absolute Gasteiger partial charge is 0.378 e. The van der Waals surface area contributed by atoms with Crippen molar-refractivity contribution < 1.29 is 0 Å². The molecule has 0 saturated heterocycles. The molecular weight excluding hydrogens is 312 g/mol. The second-order valence-corrected chi connectivity index (χ2v) is 7.29. The van der Waals surface area contributed by atoms with Gasteiger partial charge >= 0.3 is 0 Å². The maximum Gasteiger partial charge on any atom is 0.160 e. The van der Waals surface area contributed by atoms with Gasteiger partial charge in [-0.05, 0) is 47.6 Å². The molecule has 1 heterocycles. The molecule has 120 valence electrons. The predicted molar refractivity (Wildman–Crippen MR) is 104 cm³/mol. The van der Waals surface area contributed by atoms with Crippen molar-refractivity contribution in [3.63, 3.8) is 0 Å². The van der Waals surface area contributed by atoms with Crippen molar-refractivity contribution in [1.82, 2.24) is 0 Å². The van der Waals surface area contributed by atoms with E-state index in [1.165, 1.54) is 28.7 Å². The first-order valence-electron chi connectivity index (χ1n) is 8.36. The van der Waals surface area contributed by atoms with Crippen molar-refractivity contribution in [3.8, 4) is 0 Å². The first-order chi connectivity index (χ1) is 11.8. The van der Waals surface area contributed by atoms with Crippen LogP contribution in [-0.4, -0.2) is 5.17 Å². The summed E-state index contributed by atoms with van der Waals surface area (Å²) in [5.74, 6) is 0. The Morgan fingerprint density at radius 2 is 1.67 bits per heavy atom. The summed E-state index contributed by atoms with van der Waals surface area (Å²) < 4.78 is 0. The minimum atomic E-state index is 0.290. The molecule has 0 spiro atoms. The molecule has 3 heteroatoms. The smallest absolute Gasteiger partial charge is 0.160 e. The number of amidine groups is 1. The molecule has 2 nitrogen and oxygen atoms in total. The Bertz CT molecular complexity index is 819. The Balaban J connectivity index is 1.79. The summed E-state index contributed by atoms with van der Waals surface area (Å²) >= 11 is 1.68. The molecule has 4 rings (SSSR count). The van der Waals surface area contributed by atoms with E-state index < -0.39 is 0 Å². The van der Waals surface area contributed by atoms with E-state index in [0.717, 1.165) is 18.5 Å². The summed E-state index contributed by atoms with van der Waals surface area (Å²) in [7, 11) is 0. The number of allylic oxidation sites excluding steroid dienone is 1. The predicted octanol–water partition coefficient (Wildman–Crippen LogP) is 5.31. The minimum absolute atomic E-state index is 0.290. The van der Waals surface area contributed by atoms with Gasteiger partial charge in [0.05, 0.1) is 10.9 Å². The van der Waals surface area contributed by atoms with Crippen LogP contribution in [0, 0.1) is 0 Å². The van der Waals surface area contributed by atoms with Gasteiger partial charge in [-0.3, -0.25) is 0 Å². The molecule has 24 heavy (non-hydrogen) atoms. The summed E-state index contributed by atoms with van der Waals surface area (Å²) in [4.78, 5) is 4.73. The van der Waals surface area contributed by atoms with Crippen LogP contribution in [0.3, 0.4) is 0 Å². The van der Waals surface area contributed by atoms with E-state index in [1.807, 2.05) is 6.07 Å². The summed E-state index contributed by atoms with van der Waals surface area (Å²) in [5.41, 5.74) is 12.6. The number of rotatable bonds is 2. The van der Waals surface area contributed by atoms with Gasteiger partial charge in [-0.2, -0.15) is 0 Å². The minimum Gasteiger partial charge on any atom is -0.378 e. The molecule has 1 atom stereocenters. The quantitative estimate of drug-likeness (QED) is 0.809. The lowest BCUT2D eigenvalue weighted by Gasteiger charge is -2.30. The lowest BCUT2D eigenvalue weighted by atomic mass is 9.87. The summed E-state index contributed by atoms with van der Waals surface area (Å²) in [6, 6.07) is 21.1. The summed E-state index contributed by atoms with van der Waals surface area (Å²) in [6.07, 6.45) is 5.61. The SMILES string of the molecule is NC1=NC2=C(CCCC2=Cc2ccccc2)C(c2ccccc2)S1. The van der Waals surface area contributed by atoms with Crippen molar-refractivity contribution >= 4 is 23.0 Å². The second-order valence-electron chi connectivity index (χ2n) is 6.17. The van der Waals surface area contributed by atoms with Gasteiger partial charge < -0.3 is 5.73 Å². The molecule has 0 saturated carbocycles. The van der Waals surface area contributed by atoms with Gasteiger partial charge in [0.15, 0.2) is 5.17 Å². The molecule has 1 aliphatic heterocycles. The van der Waals surface area contributed by atoms with E-state index in [9.17, 15) is 0 Å². The van der Waals surface area contributed by atoms with E-state index in [1.54, 1.807) is 11.8 Å². The van der Waals surface area contributed by atoms with E-state index in [2.05, 4.69) is 60.7 Å². The van der Waals surface area contributed by atoms with Crippen molar-refractivity contribution in [2.75, 3.05) is 0 Å². The van der Waals surface area contributed by atoms with E-state index in [-0.39, 0.29) is 5.25 Å². The van der Waals surface area contributed by atoms with Crippen LogP contribution < -0.4 is 5.73 Å². The zero-order valence-electron chi connectivity index (χ0n) is 13.5. The van der Waals surface area contributed by atoms with Crippen LogP contribution in [0.15, 0.2) is 82.5 Å². The molecule has 0 radical (unpaired) electrons. The Kier molecular flexibility index (Phi) is 4.26. The number of benzene rings is 2. The third-order valence-corrected chi connectivity index (χ3v) is 5.65. The normalized spacial score (nSPS) is 22.2. The monoisotopic (exact) mass is 332 g/mol. The summed E-state index contributed by atoms with van der Waals surface area (Å²) in [6.45, 7) is 0. The van der Waals surface area contributed by atoms with Gasteiger partial charge in [0.2, 0.25) is 0 Å². The van der Waals surface area contributed by atoms with Crippen molar-refractivity contribution in [1.29, 1.82) is 0 Å². The highest BCUT2D eigenvalue weighted by Gasteiger charge is 2.30. The molecule has 0 bridgehead atoms. The molecule has 2 aromatic rings. The Hall–Kier alpha value is -2.26. The summed E-state index contributed by atoms with van der Waals surface area (Å²) in [5, 5.41) is 0.960.